The summed E-state index contributed by atoms with van der Waals surface area (Å²) in [7, 11) is 0. The zero-order valence-corrected chi connectivity index (χ0v) is 10.2. The maximum absolute atomic E-state index is 2.71. The van der Waals surface area contributed by atoms with E-state index in [9.17, 15) is 0 Å². The quantitative estimate of drug-likeness (QED) is 0.703. The van der Waals surface area contributed by atoms with Gasteiger partial charge in [-0.25, -0.2) is 10.0 Å². The highest BCUT2D eigenvalue weighted by Crippen LogP contribution is 2.25. The molecule has 2 heterocycles. The molecule has 0 amide bonds. The van der Waals surface area contributed by atoms with Crippen molar-refractivity contribution in [1.29, 1.82) is 0 Å². The second-order valence-corrected chi connectivity index (χ2v) is 5.12. The minimum absolute atomic E-state index is 0.872. The Morgan fingerprint density at radius 2 is 1.73 bits per heavy atom. The number of hydrazine groups is 1. The van der Waals surface area contributed by atoms with Gasteiger partial charge < -0.3 is 0 Å². The summed E-state index contributed by atoms with van der Waals surface area (Å²) in [4.78, 5) is 0. The van der Waals surface area contributed by atoms with Gasteiger partial charge in [-0.2, -0.15) is 0 Å². The molecule has 2 heteroatoms. The van der Waals surface area contributed by atoms with E-state index >= 15 is 0 Å². The average Bonchev–Trinajstić information content (AvgIpc) is 2.80. The van der Waals surface area contributed by atoms with E-state index < -0.39 is 0 Å². The van der Waals surface area contributed by atoms with E-state index in [0.29, 0.717) is 0 Å². The highest BCUT2D eigenvalue weighted by atomic mass is 15.6. The number of hydrogen-bond acceptors (Lipinski definition) is 2. The summed E-state index contributed by atoms with van der Waals surface area (Å²) in [5.41, 5.74) is 0. The first-order valence-corrected chi connectivity index (χ1v) is 6.93. The maximum atomic E-state index is 2.71. The molecule has 0 spiro atoms. The third-order valence-corrected chi connectivity index (χ3v) is 3.93. The summed E-state index contributed by atoms with van der Waals surface area (Å²) < 4.78 is 0. The highest BCUT2D eigenvalue weighted by Gasteiger charge is 2.28. The third-order valence-electron chi connectivity index (χ3n) is 3.93. The van der Waals surface area contributed by atoms with Crippen LogP contribution in [0.5, 0.6) is 0 Å². The fourth-order valence-corrected chi connectivity index (χ4v) is 3.05. The van der Waals surface area contributed by atoms with E-state index in [1.807, 2.05) is 0 Å². The monoisotopic (exact) mass is 210 g/mol. The van der Waals surface area contributed by atoms with Gasteiger partial charge in [-0.1, -0.05) is 26.2 Å². The second kappa shape index (κ2) is 5.86. The van der Waals surface area contributed by atoms with E-state index in [2.05, 4.69) is 16.9 Å². The molecular formula is C13H26N2. The number of unbranched alkanes of at least 4 members (excludes halogenated alkanes) is 1. The molecule has 0 bridgehead atoms. The summed E-state index contributed by atoms with van der Waals surface area (Å²) >= 11 is 0. The Morgan fingerprint density at radius 3 is 2.47 bits per heavy atom. The van der Waals surface area contributed by atoms with Gasteiger partial charge in [0.15, 0.2) is 0 Å². The molecule has 0 aromatic rings. The van der Waals surface area contributed by atoms with Gasteiger partial charge >= 0.3 is 0 Å². The Bertz CT molecular complexity index is 175. The van der Waals surface area contributed by atoms with Gasteiger partial charge in [0.25, 0.3) is 0 Å². The fraction of sp³-hybridized carbons (Fsp3) is 1.00. The van der Waals surface area contributed by atoms with Crippen molar-refractivity contribution in [3.63, 3.8) is 0 Å². The number of rotatable bonds is 4. The van der Waals surface area contributed by atoms with E-state index in [0.717, 1.165) is 6.04 Å². The van der Waals surface area contributed by atoms with Crippen LogP contribution in [0.3, 0.4) is 0 Å². The minimum atomic E-state index is 0.872. The number of nitrogens with zero attached hydrogens (tertiary/aromatic N) is 2. The van der Waals surface area contributed by atoms with Crippen molar-refractivity contribution >= 4 is 0 Å². The van der Waals surface area contributed by atoms with Crippen LogP contribution in [-0.4, -0.2) is 35.7 Å². The van der Waals surface area contributed by atoms with E-state index in [1.54, 1.807) is 0 Å². The molecule has 2 nitrogen and oxygen atoms in total. The molecule has 0 radical (unpaired) electrons. The van der Waals surface area contributed by atoms with Crippen LogP contribution in [0.4, 0.5) is 0 Å². The smallest absolute Gasteiger partial charge is 0.0245 e. The molecule has 0 aromatic heterocycles. The first-order chi connectivity index (χ1) is 7.42. The first-order valence-electron chi connectivity index (χ1n) is 6.93. The Labute approximate surface area is 94.6 Å². The molecule has 88 valence electrons. The molecule has 2 rings (SSSR count). The lowest BCUT2D eigenvalue weighted by Gasteiger charge is -2.41. The zero-order chi connectivity index (χ0) is 10.5. The molecule has 0 aromatic carbocycles. The summed E-state index contributed by atoms with van der Waals surface area (Å²) in [6.07, 6.45) is 11.3. The lowest BCUT2D eigenvalue weighted by Crippen LogP contribution is -2.49. The maximum Gasteiger partial charge on any atom is 0.0245 e. The normalized spacial score (nSPS) is 29.8. The largest absolute Gasteiger partial charge is 0.242 e. The van der Waals surface area contributed by atoms with Gasteiger partial charge in [-0.3, -0.25) is 0 Å². The van der Waals surface area contributed by atoms with E-state index in [1.165, 1.54) is 71.0 Å². The Hall–Kier alpha value is -0.0800. The van der Waals surface area contributed by atoms with Crippen molar-refractivity contribution in [3.8, 4) is 0 Å². The van der Waals surface area contributed by atoms with Crippen molar-refractivity contribution in [2.75, 3.05) is 19.6 Å². The highest BCUT2D eigenvalue weighted by molar-refractivity contribution is 4.77. The van der Waals surface area contributed by atoms with Crippen LogP contribution in [0.25, 0.3) is 0 Å². The van der Waals surface area contributed by atoms with Crippen LogP contribution >= 0.6 is 0 Å². The van der Waals surface area contributed by atoms with Gasteiger partial charge in [-0.15, -0.1) is 0 Å². The molecular weight excluding hydrogens is 184 g/mol. The standard InChI is InChI=1S/C13H26N2/c1-2-3-8-13-9-4-5-12-15(13)14-10-6-7-11-14/h13H,2-12H2,1H3. The molecule has 15 heavy (non-hydrogen) atoms. The Morgan fingerprint density at radius 1 is 1.00 bits per heavy atom. The molecule has 0 saturated carbocycles. The van der Waals surface area contributed by atoms with Crippen molar-refractivity contribution in [1.82, 2.24) is 10.0 Å². The van der Waals surface area contributed by atoms with Gasteiger partial charge in [0.1, 0.15) is 0 Å². The van der Waals surface area contributed by atoms with E-state index in [4.69, 9.17) is 0 Å². The number of piperidine rings is 1. The third kappa shape index (κ3) is 2.94. The fourth-order valence-electron chi connectivity index (χ4n) is 3.05. The summed E-state index contributed by atoms with van der Waals surface area (Å²) in [5.74, 6) is 0. The van der Waals surface area contributed by atoms with Gasteiger partial charge in [0, 0.05) is 25.7 Å². The molecule has 2 aliphatic heterocycles. The van der Waals surface area contributed by atoms with Crippen LogP contribution in [0, 0.1) is 0 Å². The molecule has 2 saturated heterocycles. The summed E-state index contributed by atoms with van der Waals surface area (Å²) in [6.45, 7) is 6.28. The molecule has 0 N–H and O–H groups in total. The Balaban J connectivity index is 1.86. The van der Waals surface area contributed by atoms with Crippen LogP contribution < -0.4 is 0 Å². The van der Waals surface area contributed by atoms with Crippen molar-refractivity contribution in [3.05, 3.63) is 0 Å². The predicted octanol–water partition coefficient (Wildman–Crippen LogP) is 3.04. The molecule has 2 fully saturated rings. The number of hydrogen-bond donors (Lipinski definition) is 0. The molecule has 1 unspecified atom stereocenters. The average molecular weight is 210 g/mol. The lowest BCUT2D eigenvalue weighted by molar-refractivity contribution is -0.0644. The van der Waals surface area contributed by atoms with Crippen LogP contribution in [0.2, 0.25) is 0 Å². The van der Waals surface area contributed by atoms with Crippen molar-refractivity contribution in [2.45, 2.75) is 64.3 Å². The first kappa shape index (κ1) is 11.4. The van der Waals surface area contributed by atoms with Crippen LogP contribution in [0.15, 0.2) is 0 Å². The lowest BCUT2D eigenvalue weighted by atomic mass is 9.99. The van der Waals surface area contributed by atoms with Gasteiger partial charge in [-0.05, 0) is 32.1 Å². The Kier molecular flexibility index (Phi) is 4.45. The second-order valence-electron chi connectivity index (χ2n) is 5.12. The molecule has 0 aliphatic carbocycles. The van der Waals surface area contributed by atoms with Crippen molar-refractivity contribution < 1.29 is 0 Å². The molecule has 1 atom stereocenters. The van der Waals surface area contributed by atoms with Gasteiger partial charge in [0.2, 0.25) is 0 Å². The SMILES string of the molecule is CCCCC1CCCCN1N1CCCC1. The predicted molar refractivity (Wildman–Crippen MR) is 64.7 cm³/mol. The summed E-state index contributed by atoms with van der Waals surface area (Å²) in [5, 5.41) is 5.35. The zero-order valence-electron chi connectivity index (χ0n) is 10.2. The minimum Gasteiger partial charge on any atom is -0.242 e. The molecule has 2 aliphatic rings. The van der Waals surface area contributed by atoms with Crippen LogP contribution in [0.1, 0.15) is 58.3 Å². The van der Waals surface area contributed by atoms with Gasteiger partial charge in [0.05, 0.1) is 0 Å². The topological polar surface area (TPSA) is 6.48 Å². The van der Waals surface area contributed by atoms with Crippen LogP contribution in [-0.2, 0) is 0 Å². The van der Waals surface area contributed by atoms with Crippen molar-refractivity contribution in [2.24, 2.45) is 0 Å². The summed E-state index contributed by atoms with van der Waals surface area (Å²) in [6, 6.07) is 0.872. The van der Waals surface area contributed by atoms with E-state index in [-0.39, 0.29) is 0 Å².